The van der Waals surface area contributed by atoms with E-state index in [1.54, 1.807) is 22.5 Å². The molecule has 0 radical (unpaired) electrons. The lowest BCUT2D eigenvalue weighted by Gasteiger charge is -2.34. The molecule has 2 heterocycles. The molecule has 0 saturated carbocycles. The summed E-state index contributed by atoms with van der Waals surface area (Å²) in [6.07, 6.45) is 0. The van der Waals surface area contributed by atoms with Crippen LogP contribution in [0.5, 0.6) is 0 Å². The second-order valence-corrected chi connectivity index (χ2v) is 10.4. The van der Waals surface area contributed by atoms with Crippen LogP contribution in [0, 0.1) is 27.7 Å². The SMILES string of the molecule is Cc1ccc(S(=O)(=O)N2CCN(Cc3cc(=O)oc4cc(C)c(C)cc34)CC2)cc1C. The standard InChI is InChI=1S/C24H28N2O4S/c1-16-5-6-21(11-17(16)2)31(28,29)26-9-7-25(8-10-26)15-20-14-24(27)30-23-13-19(4)18(3)12-22(20)23/h5-6,11-14H,7-10,15H2,1-4H3. The monoisotopic (exact) mass is 440 g/mol. The van der Waals surface area contributed by atoms with E-state index in [1.807, 2.05) is 39.8 Å². The first kappa shape index (κ1) is 21.7. The lowest BCUT2D eigenvalue weighted by molar-refractivity contribution is 0.182. The summed E-state index contributed by atoms with van der Waals surface area (Å²) in [6, 6.07) is 10.8. The van der Waals surface area contributed by atoms with E-state index in [0.717, 1.165) is 33.2 Å². The van der Waals surface area contributed by atoms with E-state index in [-0.39, 0.29) is 5.63 Å². The van der Waals surface area contributed by atoms with Gasteiger partial charge in [-0.2, -0.15) is 4.31 Å². The molecule has 0 N–H and O–H groups in total. The number of hydrogen-bond acceptors (Lipinski definition) is 5. The van der Waals surface area contributed by atoms with Crippen molar-refractivity contribution in [2.75, 3.05) is 26.2 Å². The summed E-state index contributed by atoms with van der Waals surface area (Å²) in [6.45, 7) is 10.6. The third-order valence-electron chi connectivity index (χ3n) is 6.29. The molecule has 0 amide bonds. The first-order chi connectivity index (χ1) is 14.6. The van der Waals surface area contributed by atoms with Gasteiger partial charge in [0, 0.05) is 44.2 Å². The molecule has 0 bridgehead atoms. The van der Waals surface area contributed by atoms with Gasteiger partial charge in [0.2, 0.25) is 10.0 Å². The molecule has 2 aromatic carbocycles. The normalized spacial score (nSPS) is 16.1. The maximum atomic E-state index is 13.1. The second kappa shape index (κ2) is 8.22. The summed E-state index contributed by atoms with van der Waals surface area (Å²) in [5, 5.41) is 0.938. The molecule has 3 aromatic rings. The Kier molecular flexibility index (Phi) is 5.77. The lowest BCUT2D eigenvalue weighted by Crippen LogP contribution is -2.48. The van der Waals surface area contributed by atoms with E-state index in [2.05, 4.69) is 11.0 Å². The van der Waals surface area contributed by atoms with E-state index in [1.165, 1.54) is 0 Å². The average Bonchev–Trinajstić information content (AvgIpc) is 2.72. The van der Waals surface area contributed by atoms with Crippen LogP contribution in [0.4, 0.5) is 0 Å². The van der Waals surface area contributed by atoms with E-state index in [0.29, 0.717) is 43.2 Å². The average molecular weight is 441 g/mol. The molecule has 0 atom stereocenters. The maximum absolute atomic E-state index is 13.1. The minimum Gasteiger partial charge on any atom is -0.423 e. The number of nitrogens with zero attached hydrogens (tertiary/aromatic N) is 2. The van der Waals surface area contributed by atoms with Crippen LogP contribution in [-0.2, 0) is 16.6 Å². The molecule has 1 saturated heterocycles. The molecule has 1 aliphatic rings. The highest BCUT2D eigenvalue weighted by molar-refractivity contribution is 7.89. The molecule has 4 rings (SSSR count). The Bertz CT molecular complexity index is 1300. The van der Waals surface area contributed by atoms with Gasteiger partial charge < -0.3 is 4.42 Å². The Morgan fingerprint density at radius 1 is 0.839 bits per heavy atom. The van der Waals surface area contributed by atoms with Gasteiger partial charge in [0.15, 0.2) is 0 Å². The quantitative estimate of drug-likeness (QED) is 0.581. The van der Waals surface area contributed by atoms with Crippen molar-refractivity contribution in [2.45, 2.75) is 39.1 Å². The number of hydrogen-bond donors (Lipinski definition) is 0. The smallest absolute Gasteiger partial charge is 0.336 e. The zero-order valence-corrected chi connectivity index (χ0v) is 19.3. The fourth-order valence-electron chi connectivity index (χ4n) is 4.01. The van der Waals surface area contributed by atoms with Crippen molar-refractivity contribution >= 4 is 21.0 Å². The van der Waals surface area contributed by atoms with Gasteiger partial charge in [-0.3, -0.25) is 4.90 Å². The summed E-state index contributed by atoms with van der Waals surface area (Å²) >= 11 is 0. The first-order valence-corrected chi connectivity index (χ1v) is 11.9. The summed E-state index contributed by atoms with van der Waals surface area (Å²) in [7, 11) is -3.51. The molecule has 6 nitrogen and oxygen atoms in total. The number of fused-ring (bicyclic) bond motifs is 1. The molecule has 0 unspecified atom stereocenters. The summed E-state index contributed by atoms with van der Waals surface area (Å²) in [4.78, 5) is 14.6. The minimum atomic E-state index is -3.51. The minimum absolute atomic E-state index is 0.349. The van der Waals surface area contributed by atoms with Gasteiger partial charge >= 0.3 is 5.63 Å². The molecule has 1 aliphatic heterocycles. The second-order valence-electron chi connectivity index (χ2n) is 8.45. The van der Waals surface area contributed by atoms with E-state index in [9.17, 15) is 13.2 Å². The number of rotatable bonds is 4. The summed E-state index contributed by atoms with van der Waals surface area (Å²) < 4.78 is 33.1. The number of sulfonamides is 1. The van der Waals surface area contributed by atoms with Gasteiger partial charge in [-0.25, -0.2) is 13.2 Å². The molecule has 31 heavy (non-hydrogen) atoms. The summed E-state index contributed by atoms with van der Waals surface area (Å²) in [5.41, 5.74) is 5.43. The molecule has 1 aromatic heterocycles. The highest BCUT2D eigenvalue weighted by Gasteiger charge is 2.29. The van der Waals surface area contributed by atoms with Gasteiger partial charge in [-0.05, 0) is 79.8 Å². The van der Waals surface area contributed by atoms with Crippen molar-refractivity contribution < 1.29 is 12.8 Å². The highest BCUT2D eigenvalue weighted by atomic mass is 32.2. The van der Waals surface area contributed by atoms with Gasteiger partial charge in [-0.1, -0.05) is 6.07 Å². The van der Waals surface area contributed by atoms with Crippen molar-refractivity contribution in [1.29, 1.82) is 0 Å². The number of aryl methyl sites for hydroxylation is 4. The van der Waals surface area contributed by atoms with Crippen LogP contribution in [0.25, 0.3) is 11.0 Å². The van der Waals surface area contributed by atoms with Crippen molar-refractivity contribution in [3.63, 3.8) is 0 Å². The Hall–Kier alpha value is -2.48. The first-order valence-electron chi connectivity index (χ1n) is 10.5. The van der Waals surface area contributed by atoms with Crippen molar-refractivity contribution in [1.82, 2.24) is 9.21 Å². The van der Waals surface area contributed by atoms with Gasteiger partial charge in [0.05, 0.1) is 4.90 Å². The van der Waals surface area contributed by atoms with Crippen LogP contribution in [0.15, 0.2) is 50.5 Å². The molecule has 1 fully saturated rings. The Morgan fingerprint density at radius 2 is 1.48 bits per heavy atom. The zero-order valence-electron chi connectivity index (χ0n) is 18.4. The molecule has 0 spiro atoms. The third-order valence-corrected chi connectivity index (χ3v) is 8.18. The van der Waals surface area contributed by atoms with Crippen molar-refractivity contribution in [2.24, 2.45) is 0 Å². The van der Waals surface area contributed by atoms with Gasteiger partial charge in [0.25, 0.3) is 0 Å². The number of piperazine rings is 1. The molecule has 7 heteroatoms. The fourth-order valence-corrected chi connectivity index (χ4v) is 5.51. The molecule has 0 aliphatic carbocycles. The Morgan fingerprint density at radius 3 is 2.16 bits per heavy atom. The fraction of sp³-hybridized carbons (Fsp3) is 0.375. The van der Waals surface area contributed by atoms with Crippen LogP contribution < -0.4 is 5.63 Å². The zero-order chi connectivity index (χ0) is 22.3. The van der Waals surface area contributed by atoms with Crippen molar-refractivity contribution in [3.05, 3.63) is 74.6 Å². The van der Waals surface area contributed by atoms with E-state index < -0.39 is 10.0 Å². The molecular formula is C24H28N2O4S. The third kappa shape index (κ3) is 4.31. The van der Waals surface area contributed by atoms with Crippen LogP contribution in [0.1, 0.15) is 27.8 Å². The van der Waals surface area contributed by atoms with Crippen LogP contribution in [0.3, 0.4) is 0 Å². The van der Waals surface area contributed by atoms with Crippen molar-refractivity contribution in [3.8, 4) is 0 Å². The van der Waals surface area contributed by atoms with Crippen LogP contribution in [0.2, 0.25) is 0 Å². The topological polar surface area (TPSA) is 70.8 Å². The predicted molar refractivity (Wildman–Crippen MR) is 122 cm³/mol. The predicted octanol–water partition coefficient (Wildman–Crippen LogP) is 3.53. The van der Waals surface area contributed by atoms with Gasteiger partial charge in [0.1, 0.15) is 5.58 Å². The lowest BCUT2D eigenvalue weighted by atomic mass is 10.0. The van der Waals surface area contributed by atoms with E-state index in [4.69, 9.17) is 4.42 Å². The van der Waals surface area contributed by atoms with Crippen LogP contribution >= 0.6 is 0 Å². The van der Waals surface area contributed by atoms with Gasteiger partial charge in [-0.15, -0.1) is 0 Å². The molecule has 164 valence electrons. The highest BCUT2D eigenvalue weighted by Crippen LogP contribution is 2.24. The van der Waals surface area contributed by atoms with Crippen LogP contribution in [-0.4, -0.2) is 43.8 Å². The number of benzene rings is 2. The Labute approximate surface area is 183 Å². The maximum Gasteiger partial charge on any atom is 0.336 e. The molecular weight excluding hydrogens is 412 g/mol. The van der Waals surface area contributed by atoms with E-state index >= 15 is 0 Å². The largest absolute Gasteiger partial charge is 0.423 e. The Balaban J connectivity index is 1.51. The summed E-state index contributed by atoms with van der Waals surface area (Å²) in [5.74, 6) is 0.